The summed E-state index contributed by atoms with van der Waals surface area (Å²) in [6.45, 7) is 0.742. The van der Waals surface area contributed by atoms with Gasteiger partial charge >= 0.3 is 0 Å². The molecule has 88 valence electrons. The standard InChI is InChI=1S/C11H16N2O3/c1-13(11(15)8-16-6-5-12)9-3-2-4-10(14)7-9/h2-4,7,14H,5-6,8,12H2,1H3. The second kappa shape index (κ2) is 6.09. The number of hydrogen-bond acceptors (Lipinski definition) is 4. The highest BCUT2D eigenvalue weighted by atomic mass is 16.5. The number of amides is 1. The number of nitrogens with two attached hydrogens (primary N) is 1. The minimum absolute atomic E-state index is 0.0106. The third-order valence-corrected chi connectivity index (χ3v) is 2.08. The number of ether oxygens (including phenoxy) is 1. The Morgan fingerprint density at radius 2 is 2.31 bits per heavy atom. The molecule has 0 aliphatic heterocycles. The Bertz CT molecular complexity index is 355. The Balaban J connectivity index is 2.56. The normalized spacial score (nSPS) is 10.1. The van der Waals surface area contributed by atoms with Crippen molar-refractivity contribution in [2.24, 2.45) is 5.73 Å². The van der Waals surface area contributed by atoms with Crippen molar-refractivity contribution in [3.8, 4) is 5.75 Å². The van der Waals surface area contributed by atoms with Crippen LogP contribution in [0.3, 0.4) is 0 Å². The SMILES string of the molecule is CN(C(=O)COCCN)c1cccc(O)c1. The van der Waals surface area contributed by atoms with Gasteiger partial charge in [-0.1, -0.05) is 6.07 Å². The Morgan fingerprint density at radius 1 is 1.56 bits per heavy atom. The van der Waals surface area contributed by atoms with Gasteiger partial charge in [-0.15, -0.1) is 0 Å². The molecule has 0 heterocycles. The molecular weight excluding hydrogens is 208 g/mol. The van der Waals surface area contributed by atoms with Gasteiger partial charge < -0.3 is 20.5 Å². The minimum atomic E-state index is -0.181. The van der Waals surface area contributed by atoms with Crippen molar-refractivity contribution < 1.29 is 14.6 Å². The zero-order valence-corrected chi connectivity index (χ0v) is 9.22. The lowest BCUT2D eigenvalue weighted by Crippen LogP contribution is -2.30. The molecule has 0 spiro atoms. The van der Waals surface area contributed by atoms with E-state index < -0.39 is 0 Å². The Kier molecular flexibility index (Phi) is 4.75. The second-order valence-electron chi connectivity index (χ2n) is 3.31. The molecule has 1 aromatic rings. The van der Waals surface area contributed by atoms with E-state index in [1.807, 2.05) is 0 Å². The smallest absolute Gasteiger partial charge is 0.252 e. The molecule has 0 fully saturated rings. The summed E-state index contributed by atoms with van der Waals surface area (Å²) in [4.78, 5) is 13.0. The number of carbonyl (C=O) groups is 1. The van der Waals surface area contributed by atoms with Gasteiger partial charge in [-0.25, -0.2) is 0 Å². The Morgan fingerprint density at radius 3 is 2.94 bits per heavy atom. The molecule has 0 aromatic heterocycles. The van der Waals surface area contributed by atoms with E-state index >= 15 is 0 Å². The first-order chi connectivity index (χ1) is 7.65. The summed E-state index contributed by atoms with van der Waals surface area (Å²) in [5.74, 6) is -0.0564. The van der Waals surface area contributed by atoms with Crippen molar-refractivity contribution in [3.63, 3.8) is 0 Å². The topological polar surface area (TPSA) is 75.8 Å². The summed E-state index contributed by atoms with van der Waals surface area (Å²) in [6, 6.07) is 6.48. The van der Waals surface area contributed by atoms with Crippen molar-refractivity contribution >= 4 is 11.6 Å². The first kappa shape index (κ1) is 12.5. The molecule has 0 saturated heterocycles. The lowest BCUT2D eigenvalue weighted by molar-refractivity contribution is -0.122. The fourth-order valence-electron chi connectivity index (χ4n) is 1.19. The Hall–Kier alpha value is -1.59. The van der Waals surface area contributed by atoms with E-state index in [-0.39, 0.29) is 18.3 Å². The lowest BCUT2D eigenvalue weighted by atomic mass is 10.3. The predicted molar refractivity (Wildman–Crippen MR) is 61.4 cm³/mol. The summed E-state index contributed by atoms with van der Waals surface area (Å²) < 4.78 is 5.04. The molecule has 16 heavy (non-hydrogen) atoms. The van der Waals surface area contributed by atoms with Gasteiger partial charge in [0.2, 0.25) is 0 Å². The predicted octanol–water partition coefficient (Wildman–Crippen LogP) is 0.330. The number of benzene rings is 1. The molecule has 5 nitrogen and oxygen atoms in total. The average molecular weight is 224 g/mol. The van der Waals surface area contributed by atoms with Crippen molar-refractivity contribution in [1.82, 2.24) is 0 Å². The van der Waals surface area contributed by atoms with Gasteiger partial charge in [0.1, 0.15) is 12.4 Å². The molecule has 0 aliphatic rings. The van der Waals surface area contributed by atoms with Crippen LogP contribution in [-0.2, 0) is 9.53 Å². The highest BCUT2D eigenvalue weighted by Gasteiger charge is 2.10. The van der Waals surface area contributed by atoms with Crippen molar-refractivity contribution in [2.45, 2.75) is 0 Å². The zero-order chi connectivity index (χ0) is 12.0. The number of phenolic OH excluding ortho intramolecular Hbond substituents is 1. The van der Waals surface area contributed by atoms with Gasteiger partial charge in [-0.3, -0.25) is 4.79 Å². The quantitative estimate of drug-likeness (QED) is 0.707. The highest BCUT2D eigenvalue weighted by Crippen LogP contribution is 2.18. The van der Waals surface area contributed by atoms with Gasteiger partial charge in [0, 0.05) is 25.3 Å². The third kappa shape index (κ3) is 3.52. The number of rotatable bonds is 5. The summed E-state index contributed by atoms with van der Waals surface area (Å²) in [5, 5.41) is 9.27. The van der Waals surface area contributed by atoms with Crippen LogP contribution in [0.15, 0.2) is 24.3 Å². The zero-order valence-electron chi connectivity index (χ0n) is 9.22. The van der Waals surface area contributed by atoms with Gasteiger partial charge in [0.25, 0.3) is 5.91 Å². The van der Waals surface area contributed by atoms with E-state index in [9.17, 15) is 9.90 Å². The van der Waals surface area contributed by atoms with E-state index in [4.69, 9.17) is 10.5 Å². The molecular formula is C11H16N2O3. The Labute approximate surface area is 94.4 Å². The van der Waals surface area contributed by atoms with Crippen LogP contribution in [-0.4, -0.2) is 37.8 Å². The van der Waals surface area contributed by atoms with Crippen LogP contribution in [0.1, 0.15) is 0 Å². The summed E-state index contributed by atoms with van der Waals surface area (Å²) >= 11 is 0. The van der Waals surface area contributed by atoms with Crippen LogP contribution < -0.4 is 10.6 Å². The molecule has 5 heteroatoms. The van der Waals surface area contributed by atoms with E-state index in [1.54, 1.807) is 25.2 Å². The van der Waals surface area contributed by atoms with Crippen LogP contribution in [0.2, 0.25) is 0 Å². The second-order valence-corrected chi connectivity index (χ2v) is 3.31. The van der Waals surface area contributed by atoms with Crippen LogP contribution >= 0.6 is 0 Å². The van der Waals surface area contributed by atoms with Gasteiger partial charge in [0.05, 0.1) is 6.61 Å². The van der Waals surface area contributed by atoms with Crippen molar-refractivity contribution in [3.05, 3.63) is 24.3 Å². The largest absolute Gasteiger partial charge is 0.508 e. The molecule has 1 amide bonds. The van der Waals surface area contributed by atoms with E-state index in [2.05, 4.69) is 0 Å². The monoisotopic (exact) mass is 224 g/mol. The van der Waals surface area contributed by atoms with Gasteiger partial charge in [0.15, 0.2) is 0 Å². The van der Waals surface area contributed by atoms with E-state index in [0.29, 0.717) is 18.8 Å². The minimum Gasteiger partial charge on any atom is -0.508 e. The molecule has 1 rings (SSSR count). The fourth-order valence-corrected chi connectivity index (χ4v) is 1.19. The van der Waals surface area contributed by atoms with Gasteiger partial charge in [-0.05, 0) is 12.1 Å². The molecule has 3 N–H and O–H groups in total. The maximum Gasteiger partial charge on any atom is 0.252 e. The number of phenols is 1. The van der Waals surface area contributed by atoms with E-state index in [0.717, 1.165) is 0 Å². The summed E-state index contributed by atoms with van der Waals surface area (Å²) in [5.41, 5.74) is 5.87. The molecule has 1 aromatic carbocycles. The molecule has 0 unspecified atom stereocenters. The number of likely N-dealkylation sites (N-methyl/N-ethyl adjacent to an activating group) is 1. The maximum absolute atomic E-state index is 11.6. The number of carbonyl (C=O) groups excluding carboxylic acids is 1. The molecule has 0 radical (unpaired) electrons. The first-order valence-electron chi connectivity index (χ1n) is 4.98. The number of hydrogen-bond donors (Lipinski definition) is 2. The van der Waals surface area contributed by atoms with Crippen LogP contribution in [0.25, 0.3) is 0 Å². The van der Waals surface area contributed by atoms with Crippen molar-refractivity contribution in [1.29, 1.82) is 0 Å². The molecule has 0 aliphatic carbocycles. The van der Waals surface area contributed by atoms with Crippen LogP contribution in [0.5, 0.6) is 5.75 Å². The molecule has 0 atom stereocenters. The third-order valence-electron chi connectivity index (χ3n) is 2.08. The lowest BCUT2D eigenvalue weighted by Gasteiger charge is -2.17. The fraction of sp³-hybridized carbons (Fsp3) is 0.364. The highest BCUT2D eigenvalue weighted by molar-refractivity contribution is 5.93. The maximum atomic E-state index is 11.6. The number of anilines is 1. The number of aromatic hydroxyl groups is 1. The van der Waals surface area contributed by atoms with Crippen LogP contribution in [0.4, 0.5) is 5.69 Å². The van der Waals surface area contributed by atoms with Crippen molar-refractivity contribution in [2.75, 3.05) is 31.7 Å². The van der Waals surface area contributed by atoms with Crippen LogP contribution in [0, 0.1) is 0 Å². The summed E-state index contributed by atoms with van der Waals surface area (Å²) in [7, 11) is 1.63. The molecule has 0 bridgehead atoms. The van der Waals surface area contributed by atoms with Gasteiger partial charge in [-0.2, -0.15) is 0 Å². The summed E-state index contributed by atoms with van der Waals surface area (Å²) in [6.07, 6.45) is 0. The number of nitrogens with zero attached hydrogens (tertiary/aromatic N) is 1. The molecule has 0 saturated carbocycles. The average Bonchev–Trinajstić information content (AvgIpc) is 2.28. The van der Waals surface area contributed by atoms with E-state index in [1.165, 1.54) is 11.0 Å². The first-order valence-corrected chi connectivity index (χ1v) is 4.98.